The second-order valence-electron chi connectivity index (χ2n) is 11.1. The largest absolute Gasteiger partial charge is 0.493 e. The highest BCUT2D eigenvalue weighted by atomic mass is 32.2. The van der Waals surface area contributed by atoms with E-state index in [1.54, 1.807) is 6.07 Å². The van der Waals surface area contributed by atoms with Crippen LogP contribution in [0, 0.1) is 11.7 Å². The normalized spacial score (nSPS) is 20.3. The predicted octanol–water partition coefficient (Wildman–Crippen LogP) is 5.81. The van der Waals surface area contributed by atoms with Gasteiger partial charge in [-0.1, -0.05) is 37.0 Å². The molecule has 2 aliphatic rings. The van der Waals surface area contributed by atoms with Crippen LogP contribution in [0.5, 0.6) is 5.75 Å². The van der Waals surface area contributed by atoms with Crippen LogP contribution >= 0.6 is 11.3 Å². The molecule has 0 spiro atoms. The third-order valence-corrected chi connectivity index (χ3v) is 10.6. The summed E-state index contributed by atoms with van der Waals surface area (Å²) in [5, 5.41) is 3.65. The number of nitrogens with zero attached hydrogens (tertiary/aromatic N) is 2. The number of ether oxygens (including phenoxy) is 1. The van der Waals surface area contributed by atoms with E-state index in [4.69, 9.17) is 10.5 Å². The first-order valence-corrected chi connectivity index (χ1v) is 16.6. The van der Waals surface area contributed by atoms with Gasteiger partial charge in [-0.25, -0.2) is 17.8 Å². The number of sulfonamides is 1. The lowest BCUT2D eigenvalue weighted by Crippen LogP contribution is -2.47. The Hall–Kier alpha value is -2.47. The fourth-order valence-corrected chi connectivity index (χ4v) is 8.13. The van der Waals surface area contributed by atoms with Crippen LogP contribution in [0.15, 0.2) is 41.3 Å². The topological polar surface area (TPSA) is 110 Å². The fourth-order valence-electron chi connectivity index (χ4n) is 5.94. The maximum atomic E-state index is 15.2. The summed E-state index contributed by atoms with van der Waals surface area (Å²) in [7, 11) is -2.06. The maximum absolute atomic E-state index is 15.2. The van der Waals surface area contributed by atoms with E-state index in [9.17, 15) is 8.42 Å². The Kier molecular flexibility index (Phi) is 9.45. The molecule has 0 saturated heterocycles. The number of halogens is 1. The first kappa shape index (κ1) is 29.0. The molecule has 0 bridgehead atoms. The summed E-state index contributed by atoms with van der Waals surface area (Å²) in [5.74, 6) is 0.546. The summed E-state index contributed by atoms with van der Waals surface area (Å²) in [4.78, 5) is 6.32. The van der Waals surface area contributed by atoms with Gasteiger partial charge in [-0.15, -0.1) is 0 Å². The van der Waals surface area contributed by atoms with Crippen LogP contribution in [-0.2, 0) is 10.0 Å². The van der Waals surface area contributed by atoms with E-state index in [2.05, 4.69) is 27.0 Å². The molecule has 218 valence electrons. The number of hydrogen-bond donors (Lipinski definition) is 3. The van der Waals surface area contributed by atoms with Crippen molar-refractivity contribution in [2.75, 3.05) is 36.8 Å². The first-order valence-electron chi connectivity index (χ1n) is 14.3. The Morgan fingerprint density at radius 2 is 1.88 bits per heavy atom. The molecule has 40 heavy (non-hydrogen) atoms. The summed E-state index contributed by atoms with van der Waals surface area (Å²) in [6.07, 6.45) is 10.2. The minimum absolute atomic E-state index is 0.159. The first-order chi connectivity index (χ1) is 19.3. The van der Waals surface area contributed by atoms with Gasteiger partial charge in [-0.05, 0) is 94.6 Å². The molecule has 0 amide bonds. The summed E-state index contributed by atoms with van der Waals surface area (Å²) < 4.78 is 50.6. The van der Waals surface area contributed by atoms with Gasteiger partial charge in [-0.3, -0.25) is 4.72 Å². The van der Waals surface area contributed by atoms with Gasteiger partial charge in [0.2, 0.25) is 0 Å². The van der Waals surface area contributed by atoms with Crippen LogP contribution in [-0.4, -0.2) is 57.1 Å². The molecule has 2 saturated carbocycles. The molecule has 3 aromatic rings. The molecule has 1 heterocycles. The lowest BCUT2D eigenvalue weighted by molar-refractivity contribution is 0.176. The lowest BCUT2D eigenvalue weighted by Gasteiger charge is -2.39. The predicted molar refractivity (Wildman–Crippen MR) is 160 cm³/mol. The van der Waals surface area contributed by atoms with Gasteiger partial charge in [-0.2, -0.15) is 0 Å². The Balaban J connectivity index is 1.25. The standard InChI is InChI=1S/C29H40FN5O3S2/c1-35(16-6-15-31)26-10-5-4-9-24(26)32-21-11-14-28(23(30)17-21)40(36,37)34-29-33-25-13-12-22(18-27(25)39-29)38-19-20-7-2-3-8-20/h11-14,17-18,20,24,26,32H,2-10,15-16,19,31H2,1H3,(H,33,34)/t24-,26-/m0/s1. The van der Waals surface area contributed by atoms with E-state index in [0.717, 1.165) is 49.1 Å². The summed E-state index contributed by atoms with van der Waals surface area (Å²) in [6, 6.07) is 10.3. The van der Waals surface area contributed by atoms with Gasteiger partial charge in [0.15, 0.2) is 5.13 Å². The van der Waals surface area contributed by atoms with Crippen LogP contribution in [0.1, 0.15) is 57.8 Å². The summed E-state index contributed by atoms with van der Waals surface area (Å²) in [5.41, 5.74) is 6.92. The molecule has 2 atom stereocenters. The molecule has 0 radical (unpaired) electrons. The van der Waals surface area contributed by atoms with Crippen molar-refractivity contribution in [1.82, 2.24) is 9.88 Å². The quantitative estimate of drug-likeness (QED) is 0.245. The van der Waals surface area contributed by atoms with E-state index < -0.39 is 20.7 Å². The Bertz CT molecular complexity index is 1390. The molecule has 2 aliphatic carbocycles. The molecule has 2 aromatic carbocycles. The number of thiazole rings is 1. The monoisotopic (exact) mass is 589 g/mol. The van der Waals surface area contributed by atoms with Gasteiger partial charge in [0, 0.05) is 17.8 Å². The summed E-state index contributed by atoms with van der Waals surface area (Å²) >= 11 is 1.20. The molecular formula is C29H40FN5O3S2. The molecule has 8 nitrogen and oxygen atoms in total. The van der Waals surface area contributed by atoms with E-state index in [1.165, 1.54) is 49.2 Å². The van der Waals surface area contributed by atoms with Crippen LogP contribution < -0.4 is 20.5 Å². The van der Waals surface area contributed by atoms with Crippen LogP contribution in [0.3, 0.4) is 0 Å². The zero-order valence-electron chi connectivity index (χ0n) is 23.1. The number of benzene rings is 2. The van der Waals surface area contributed by atoms with Gasteiger partial charge >= 0.3 is 0 Å². The molecule has 0 aliphatic heterocycles. The number of anilines is 2. The van der Waals surface area contributed by atoms with Crippen molar-refractivity contribution in [3.63, 3.8) is 0 Å². The fraction of sp³-hybridized carbons (Fsp3) is 0.552. The number of nitrogens with two attached hydrogens (primary N) is 1. The zero-order valence-corrected chi connectivity index (χ0v) is 24.7. The van der Waals surface area contributed by atoms with E-state index in [0.29, 0.717) is 36.3 Å². The van der Waals surface area contributed by atoms with Gasteiger partial charge < -0.3 is 20.7 Å². The van der Waals surface area contributed by atoms with Gasteiger partial charge in [0.05, 0.1) is 16.8 Å². The number of aromatic nitrogens is 1. The van der Waals surface area contributed by atoms with Gasteiger partial charge in [0.25, 0.3) is 10.0 Å². The highest BCUT2D eigenvalue weighted by Gasteiger charge is 2.29. The number of nitrogens with one attached hydrogen (secondary N) is 2. The average molecular weight is 590 g/mol. The maximum Gasteiger partial charge on any atom is 0.266 e. The molecule has 4 N–H and O–H groups in total. The van der Waals surface area contributed by atoms with Crippen LogP contribution in [0.25, 0.3) is 10.2 Å². The van der Waals surface area contributed by atoms with Crippen molar-refractivity contribution in [2.45, 2.75) is 74.8 Å². The SMILES string of the molecule is CN(CCCN)[C@H]1CCCC[C@@H]1Nc1ccc(S(=O)(=O)Nc2nc3ccc(OCC4CCCC4)cc3s2)c(F)c1. The van der Waals surface area contributed by atoms with Gasteiger partial charge in [0.1, 0.15) is 16.5 Å². The average Bonchev–Trinajstić information content (AvgIpc) is 3.59. The Morgan fingerprint density at radius 3 is 2.65 bits per heavy atom. The molecule has 5 rings (SSSR count). The lowest BCUT2D eigenvalue weighted by atomic mass is 9.89. The minimum Gasteiger partial charge on any atom is -0.493 e. The third-order valence-electron chi connectivity index (χ3n) is 8.13. The number of fused-ring (bicyclic) bond motifs is 1. The molecule has 0 unspecified atom stereocenters. The van der Waals surface area contributed by atoms with Crippen molar-refractivity contribution in [2.24, 2.45) is 11.7 Å². The highest BCUT2D eigenvalue weighted by molar-refractivity contribution is 7.93. The van der Waals surface area contributed by atoms with Crippen molar-refractivity contribution >= 4 is 42.4 Å². The number of likely N-dealkylation sites (N-methyl/N-ethyl adjacent to an activating group) is 1. The Labute approximate surface area is 240 Å². The van der Waals surface area contributed by atoms with E-state index in [-0.39, 0.29) is 11.2 Å². The molecule has 2 fully saturated rings. The van der Waals surface area contributed by atoms with Crippen LogP contribution in [0.4, 0.5) is 15.2 Å². The smallest absolute Gasteiger partial charge is 0.266 e. The number of hydrogen-bond acceptors (Lipinski definition) is 8. The molecular weight excluding hydrogens is 549 g/mol. The zero-order chi connectivity index (χ0) is 28.1. The third kappa shape index (κ3) is 7.05. The Morgan fingerprint density at radius 1 is 1.10 bits per heavy atom. The second kappa shape index (κ2) is 13.0. The van der Waals surface area contributed by atoms with Crippen molar-refractivity contribution in [3.05, 3.63) is 42.2 Å². The molecule has 11 heteroatoms. The second-order valence-corrected chi connectivity index (χ2v) is 13.8. The van der Waals surface area contributed by atoms with Crippen molar-refractivity contribution in [1.29, 1.82) is 0 Å². The molecule has 1 aromatic heterocycles. The number of rotatable bonds is 12. The van der Waals surface area contributed by atoms with Crippen molar-refractivity contribution in [3.8, 4) is 5.75 Å². The highest BCUT2D eigenvalue weighted by Crippen LogP contribution is 2.33. The van der Waals surface area contributed by atoms with Crippen LogP contribution in [0.2, 0.25) is 0 Å². The minimum atomic E-state index is -4.16. The van der Waals surface area contributed by atoms with Crippen molar-refractivity contribution < 1.29 is 17.5 Å². The van der Waals surface area contributed by atoms with E-state index in [1.807, 2.05) is 18.2 Å². The summed E-state index contributed by atoms with van der Waals surface area (Å²) in [6.45, 7) is 2.26. The van der Waals surface area contributed by atoms with E-state index >= 15 is 4.39 Å².